The summed E-state index contributed by atoms with van der Waals surface area (Å²) in [4.78, 5) is 13.8. The minimum absolute atomic E-state index is 0.0416. The lowest BCUT2D eigenvalue weighted by molar-refractivity contribution is -0.153. The Morgan fingerprint density at radius 2 is 2.26 bits per heavy atom. The van der Waals surface area contributed by atoms with Gasteiger partial charge in [-0.1, -0.05) is 24.9 Å². The van der Waals surface area contributed by atoms with Gasteiger partial charge >= 0.3 is 5.97 Å². The summed E-state index contributed by atoms with van der Waals surface area (Å²) in [6.45, 7) is 3.78. The minimum atomic E-state index is -0.733. The first-order chi connectivity index (χ1) is 10.9. The van der Waals surface area contributed by atoms with Crippen molar-refractivity contribution in [2.24, 2.45) is 5.41 Å². The Hall–Kier alpha value is -1.33. The standard InChI is InChI=1S/C17H23ClFNO3/c1-3-5-17(16(21)22)6-4-7-20(11-17)10-12-8-13(18)15(23-2)14(19)9-12/h8-9H,3-7,10-11H2,1-2H3,(H,21,22). The largest absolute Gasteiger partial charge is 0.492 e. The molecule has 1 heterocycles. The molecule has 0 aliphatic carbocycles. The van der Waals surface area contributed by atoms with Gasteiger partial charge in [0.05, 0.1) is 17.5 Å². The number of carboxylic acid groups (broad SMARTS) is 1. The van der Waals surface area contributed by atoms with Crippen LogP contribution in [0.3, 0.4) is 0 Å². The molecule has 1 aromatic carbocycles. The van der Waals surface area contributed by atoms with E-state index in [9.17, 15) is 14.3 Å². The summed E-state index contributed by atoms with van der Waals surface area (Å²) < 4.78 is 18.9. The molecule has 0 bridgehead atoms. The van der Waals surface area contributed by atoms with Crippen molar-refractivity contribution < 1.29 is 19.0 Å². The lowest BCUT2D eigenvalue weighted by atomic mass is 9.76. The molecule has 1 saturated heterocycles. The van der Waals surface area contributed by atoms with E-state index in [1.54, 1.807) is 6.07 Å². The minimum Gasteiger partial charge on any atom is -0.492 e. The highest BCUT2D eigenvalue weighted by Gasteiger charge is 2.41. The predicted molar refractivity (Wildman–Crippen MR) is 87.4 cm³/mol. The average Bonchev–Trinajstić information content (AvgIpc) is 2.47. The van der Waals surface area contributed by atoms with E-state index < -0.39 is 17.2 Å². The number of nitrogens with zero attached hydrogens (tertiary/aromatic N) is 1. The first kappa shape index (κ1) is 18.0. The van der Waals surface area contributed by atoms with Gasteiger partial charge in [0, 0.05) is 13.1 Å². The number of carboxylic acids is 1. The molecule has 1 aliphatic rings. The number of halogens is 2. The number of methoxy groups -OCH3 is 1. The number of likely N-dealkylation sites (tertiary alicyclic amines) is 1. The van der Waals surface area contributed by atoms with Crippen molar-refractivity contribution >= 4 is 17.6 Å². The quantitative estimate of drug-likeness (QED) is 0.849. The Morgan fingerprint density at radius 1 is 1.52 bits per heavy atom. The van der Waals surface area contributed by atoms with Crippen molar-refractivity contribution in [3.8, 4) is 5.75 Å². The number of rotatable bonds is 6. The van der Waals surface area contributed by atoms with Crippen molar-refractivity contribution in [2.45, 2.75) is 39.2 Å². The van der Waals surface area contributed by atoms with Gasteiger partial charge in [-0.3, -0.25) is 9.69 Å². The molecule has 1 aromatic rings. The van der Waals surface area contributed by atoms with Crippen molar-refractivity contribution in [1.82, 2.24) is 4.90 Å². The third-order valence-corrected chi connectivity index (χ3v) is 4.79. The Morgan fingerprint density at radius 3 is 2.83 bits per heavy atom. The van der Waals surface area contributed by atoms with Gasteiger partial charge < -0.3 is 9.84 Å². The number of hydrogen-bond donors (Lipinski definition) is 1. The zero-order valence-electron chi connectivity index (χ0n) is 13.6. The van der Waals surface area contributed by atoms with Crippen molar-refractivity contribution in [1.29, 1.82) is 0 Å². The van der Waals surface area contributed by atoms with E-state index in [0.29, 0.717) is 25.9 Å². The molecule has 128 valence electrons. The molecule has 1 unspecified atom stereocenters. The fourth-order valence-corrected chi connectivity index (χ4v) is 3.79. The van der Waals surface area contributed by atoms with Gasteiger partial charge in [0.2, 0.25) is 0 Å². The van der Waals surface area contributed by atoms with Gasteiger partial charge in [-0.15, -0.1) is 0 Å². The molecule has 0 aromatic heterocycles. The first-order valence-electron chi connectivity index (χ1n) is 7.89. The number of carbonyl (C=O) groups is 1. The van der Waals surface area contributed by atoms with Gasteiger partial charge in [-0.2, -0.15) is 0 Å². The summed E-state index contributed by atoms with van der Waals surface area (Å²) in [7, 11) is 1.38. The van der Waals surface area contributed by atoms with E-state index in [2.05, 4.69) is 4.90 Å². The number of piperidine rings is 1. The smallest absolute Gasteiger partial charge is 0.310 e. The van der Waals surface area contributed by atoms with Crippen molar-refractivity contribution in [3.63, 3.8) is 0 Å². The molecule has 0 spiro atoms. The van der Waals surface area contributed by atoms with Crippen LogP contribution in [0.25, 0.3) is 0 Å². The van der Waals surface area contributed by atoms with Crippen LogP contribution in [-0.2, 0) is 11.3 Å². The normalized spacial score (nSPS) is 22.1. The molecule has 0 amide bonds. The maximum Gasteiger partial charge on any atom is 0.310 e. The average molecular weight is 344 g/mol. The molecule has 4 nitrogen and oxygen atoms in total. The van der Waals surface area contributed by atoms with E-state index in [1.807, 2.05) is 6.92 Å². The van der Waals surface area contributed by atoms with Gasteiger partial charge in [-0.25, -0.2) is 4.39 Å². The number of hydrogen-bond acceptors (Lipinski definition) is 3. The van der Waals surface area contributed by atoms with E-state index in [0.717, 1.165) is 24.9 Å². The Kier molecular flexibility index (Phi) is 5.87. The van der Waals surface area contributed by atoms with Crippen LogP contribution in [0.5, 0.6) is 5.75 Å². The highest BCUT2D eigenvalue weighted by molar-refractivity contribution is 6.32. The lowest BCUT2D eigenvalue weighted by Gasteiger charge is -2.40. The summed E-state index contributed by atoms with van der Waals surface area (Å²) in [6, 6.07) is 3.09. The zero-order valence-corrected chi connectivity index (χ0v) is 14.3. The van der Waals surface area contributed by atoms with Crippen LogP contribution < -0.4 is 4.74 Å². The van der Waals surface area contributed by atoms with E-state index in [4.69, 9.17) is 16.3 Å². The number of aliphatic carboxylic acids is 1. The summed E-state index contributed by atoms with van der Waals surface area (Å²) >= 11 is 6.03. The highest BCUT2D eigenvalue weighted by Crippen LogP contribution is 2.36. The molecule has 23 heavy (non-hydrogen) atoms. The molecule has 0 saturated carbocycles. The van der Waals surface area contributed by atoms with Gasteiger partial charge in [0.25, 0.3) is 0 Å². The number of benzene rings is 1. The second-order valence-corrected chi connectivity index (χ2v) is 6.65. The molecular weight excluding hydrogens is 321 g/mol. The Bertz CT molecular complexity index is 554. The first-order valence-corrected chi connectivity index (χ1v) is 8.27. The molecule has 1 N–H and O–H groups in total. The molecule has 1 atom stereocenters. The van der Waals surface area contributed by atoms with Crippen LogP contribution in [0.4, 0.5) is 4.39 Å². The summed E-state index contributed by atoms with van der Waals surface area (Å²) in [5.41, 5.74) is 0.0351. The van der Waals surface area contributed by atoms with Crippen LogP contribution in [0.15, 0.2) is 12.1 Å². The maximum atomic E-state index is 13.9. The topological polar surface area (TPSA) is 49.8 Å². The Balaban J connectivity index is 2.15. The SMILES string of the molecule is CCCC1(C(=O)O)CCCN(Cc2cc(F)c(OC)c(Cl)c2)C1. The van der Waals surface area contributed by atoms with Gasteiger partial charge in [-0.05, 0) is 43.5 Å². The van der Waals surface area contributed by atoms with Gasteiger partial charge in [0.15, 0.2) is 11.6 Å². The number of ether oxygens (including phenoxy) is 1. The fraction of sp³-hybridized carbons (Fsp3) is 0.588. The fourth-order valence-electron chi connectivity index (χ4n) is 3.48. The second kappa shape index (κ2) is 7.49. The summed E-state index contributed by atoms with van der Waals surface area (Å²) in [6.07, 6.45) is 3.03. The molecule has 1 aliphatic heterocycles. The molecule has 6 heteroatoms. The van der Waals surface area contributed by atoms with Crippen LogP contribution >= 0.6 is 11.6 Å². The van der Waals surface area contributed by atoms with E-state index in [1.165, 1.54) is 13.2 Å². The molecular formula is C17H23ClFNO3. The van der Waals surface area contributed by atoms with E-state index in [-0.39, 0.29) is 10.8 Å². The predicted octanol–water partition coefficient (Wildman–Crippen LogP) is 3.95. The van der Waals surface area contributed by atoms with E-state index >= 15 is 0 Å². The van der Waals surface area contributed by atoms with Crippen molar-refractivity contribution in [3.05, 3.63) is 28.5 Å². The van der Waals surface area contributed by atoms with Crippen LogP contribution in [0.1, 0.15) is 38.2 Å². The Labute approximate surface area is 141 Å². The molecule has 2 rings (SSSR count). The summed E-state index contributed by atoms with van der Waals surface area (Å²) in [5, 5.41) is 9.87. The molecule has 0 radical (unpaired) electrons. The van der Waals surface area contributed by atoms with Crippen LogP contribution in [-0.4, -0.2) is 36.2 Å². The highest BCUT2D eigenvalue weighted by atomic mass is 35.5. The lowest BCUT2D eigenvalue weighted by Crippen LogP contribution is -2.47. The third kappa shape index (κ3) is 3.96. The maximum absolute atomic E-state index is 13.9. The van der Waals surface area contributed by atoms with Crippen molar-refractivity contribution in [2.75, 3.05) is 20.2 Å². The van der Waals surface area contributed by atoms with Gasteiger partial charge in [0.1, 0.15) is 0 Å². The third-order valence-electron chi connectivity index (χ3n) is 4.51. The second-order valence-electron chi connectivity index (χ2n) is 6.24. The molecule has 1 fully saturated rings. The van der Waals surface area contributed by atoms with Crippen LogP contribution in [0, 0.1) is 11.2 Å². The van der Waals surface area contributed by atoms with Crippen LogP contribution in [0.2, 0.25) is 5.02 Å². The zero-order chi connectivity index (χ0) is 17.0. The summed E-state index contributed by atoms with van der Waals surface area (Å²) in [5.74, 6) is -1.19. The monoisotopic (exact) mass is 343 g/mol.